The minimum absolute atomic E-state index is 0.113. The molecule has 2 aromatic rings. The number of nitrogens with zero attached hydrogens (tertiary/aromatic N) is 3. The zero-order valence-electron chi connectivity index (χ0n) is 15.3. The van der Waals surface area contributed by atoms with Gasteiger partial charge in [-0.3, -0.25) is 0 Å². The number of rotatable bonds is 8. The highest BCUT2D eigenvalue weighted by Crippen LogP contribution is 2.16. The predicted molar refractivity (Wildman–Crippen MR) is 98.8 cm³/mol. The number of aromatic nitrogens is 2. The first kappa shape index (κ1) is 18.8. The molecule has 0 saturated carbocycles. The van der Waals surface area contributed by atoms with E-state index in [1.807, 2.05) is 11.4 Å². The van der Waals surface area contributed by atoms with E-state index in [1.54, 1.807) is 16.2 Å². The molecule has 0 aliphatic carbocycles. The molecule has 3 heterocycles. The summed E-state index contributed by atoms with van der Waals surface area (Å²) in [6.45, 7) is 6.39. The number of carbonyl (C=O) groups is 1. The Morgan fingerprint density at radius 3 is 3.08 bits per heavy atom. The molecule has 0 aromatic carbocycles. The van der Waals surface area contributed by atoms with Crippen molar-refractivity contribution in [3.63, 3.8) is 0 Å². The van der Waals surface area contributed by atoms with Crippen molar-refractivity contribution in [3.05, 3.63) is 34.1 Å². The van der Waals surface area contributed by atoms with E-state index in [1.165, 1.54) is 0 Å². The van der Waals surface area contributed by atoms with Crippen molar-refractivity contribution in [2.75, 3.05) is 13.2 Å². The van der Waals surface area contributed by atoms with E-state index in [0.29, 0.717) is 30.7 Å². The lowest BCUT2D eigenvalue weighted by molar-refractivity contribution is 0.0794. The van der Waals surface area contributed by atoms with Crippen molar-refractivity contribution in [3.8, 4) is 0 Å². The van der Waals surface area contributed by atoms with Crippen LogP contribution in [0.1, 0.15) is 44.0 Å². The second kappa shape index (κ2) is 9.14. The third-order valence-corrected chi connectivity index (χ3v) is 4.91. The summed E-state index contributed by atoms with van der Waals surface area (Å²) in [5.74, 6) is 1.56. The molecular weight excluding hydrogens is 352 g/mol. The maximum absolute atomic E-state index is 12.7. The summed E-state index contributed by atoms with van der Waals surface area (Å²) in [7, 11) is 0. The van der Waals surface area contributed by atoms with Crippen molar-refractivity contribution in [1.82, 2.24) is 20.4 Å². The number of hydrogen-bond acceptors (Lipinski definition) is 6. The maximum atomic E-state index is 12.7. The molecule has 142 valence electrons. The first-order valence-electron chi connectivity index (χ1n) is 9.07. The van der Waals surface area contributed by atoms with Gasteiger partial charge < -0.3 is 19.5 Å². The fourth-order valence-corrected chi connectivity index (χ4v) is 3.58. The first-order chi connectivity index (χ1) is 12.6. The molecule has 1 saturated heterocycles. The number of thiophene rings is 1. The summed E-state index contributed by atoms with van der Waals surface area (Å²) in [6.07, 6.45) is 2.91. The molecule has 1 unspecified atom stereocenters. The molecule has 1 N–H and O–H groups in total. The lowest BCUT2D eigenvalue weighted by Gasteiger charge is -2.25. The van der Waals surface area contributed by atoms with Crippen molar-refractivity contribution in [1.29, 1.82) is 0 Å². The number of hydrogen-bond donors (Lipinski definition) is 1. The van der Waals surface area contributed by atoms with Crippen LogP contribution in [0.25, 0.3) is 0 Å². The Labute approximate surface area is 157 Å². The van der Waals surface area contributed by atoms with Gasteiger partial charge in [0.05, 0.1) is 12.6 Å². The quantitative estimate of drug-likeness (QED) is 0.763. The Kier molecular flexibility index (Phi) is 6.62. The van der Waals surface area contributed by atoms with Crippen LogP contribution in [0.15, 0.2) is 21.3 Å². The summed E-state index contributed by atoms with van der Waals surface area (Å²) in [4.78, 5) is 18.8. The molecule has 1 atom stereocenters. The minimum Gasteiger partial charge on any atom is -0.376 e. The van der Waals surface area contributed by atoms with Crippen LogP contribution in [0.2, 0.25) is 0 Å². The van der Waals surface area contributed by atoms with Crippen LogP contribution in [0.3, 0.4) is 0 Å². The summed E-state index contributed by atoms with van der Waals surface area (Å²) < 4.78 is 10.9. The van der Waals surface area contributed by atoms with Crippen LogP contribution in [0, 0.1) is 5.92 Å². The van der Waals surface area contributed by atoms with E-state index in [4.69, 9.17) is 9.26 Å². The third-order valence-electron chi connectivity index (χ3n) is 4.18. The molecule has 0 radical (unpaired) electrons. The Hall–Kier alpha value is -1.93. The van der Waals surface area contributed by atoms with Gasteiger partial charge in [0, 0.05) is 26.1 Å². The van der Waals surface area contributed by atoms with Crippen LogP contribution in [0.4, 0.5) is 4.79 Å². The zero-order chi connectivity index (χ0) is 18.4. The topological polar surface area (TPSA) is 80.5 Å². The Balaban J connectivity index is 1.56. The SMILES string of the molecule is CC(C)Cc1nc(CNC(=O)N(Cc2ccsc2)CC2CCCO2)no1. The Morgan fingerprint density at radius 2 is 2.38 bits per heavy atom. The van der Waals surface area contributed by atoms with E-state index in [0.717, 1.165) is 31.4 Å². The Morgan fingerprint density at radius 1 is 1.50 bits per heavy atom. The van der Waals surface area contributed by atoms with Gasteiger partial charge in [0.1, 0.15) is 0 Å². The van der Waals surface area contributed by atoms with Crippen LogP contribution >= 0.6 is 11.3 Å². The number of ether oxygens (including phenoxy) is 1. The second-order valence-electron chi connectivity index (χ2n) is 7.01. The summed E-state index contributed by atoms with van der Waals surface area (Å²) in [6, 6.07) is 1.90. The third kappa shape index (κ3) is 5.54. The van der Waals surface area contributed by atoms with Crippen LogP contribution in [0.5, 0.6) is 0 Å². The standard InChI is InChI=1S/C18H26N4O3S/c1-13(2)8-17-20-16(21-25-17)9-19-18(23)22(10-14-5-7-26-12-14)11-15-4-3-6-24-15/h5,7,12-13,15H,3-4,6,8-11H2,1-2H3,(H,19,23). The van der Waals surface area contributed by atoms with Gasteiger partial charge in [-0.15, -0.1) is 0 Å². The predicted octanol–water partition coefficient (Wildman–Crippen LogP) is 3.22. The summed E-state index contributed by atoms with van der Waals surface area (Å²) in [5, 5.41) is 10.9. The van der Waals surface area contributed by atoms with E-state index in [9.17, 15) is 4.79 Å². The van der Waals surface area contributed by atoms with E-state index in [-0.39, 0.29) is 18.7 Å². The fourth-order valence-electron chi connectivity index (χ4n) is 2.92. The maximum Gasteiger partial charge on any atom is 0.318 e. The van der Waals surface area contributed by atoms with Crippen LogP contribution in [-0.4, -0.2) is 40.3 Å². The number of amides is 2. The molecular formula is C18H26N4O3S. The second-order valence-corrected chi connectivity index (χ2v) is 7.79. The molecule has 2 aromatic heterocycles. The summed E-state index contributed by atoms with van der Waals surface area (Å²) in [5.41, 5.74) is 1.13. The number of carbonyl (C=O) groups excluding carboxylic acids is 1. The van der Waals surface area contributed by atoms with E-state index in [2.05, 4.69) is 34.7 Å². The molecule has 1 fully saturated rings. The van der Waals surface area contributed by atoms with E-state index < -0.39 is 0 Å². The van der Waals surface area contributed by atoms with Gasteiger partial charge in [-0.1, -0.05) is 19.0 Å². The largest absolute Gasteiger partial charge is 0.376 e. The molecule has 2 amide bonds. The highest BCUT2D eigenvalue weighted by Gasteiger charge is 2.23. The van der Waals surface area contributed by atoms with Gasteiger partial charge in [-0.25, -0.2) is 4.79 Å². The molecule has 26 heavy (non-hydrogen) atoms. The van der Waals surface area contributed by atoms with Crippen molar-refractivity contribution < 1.29 is 14.1 Å². The molecule has 0 spiro atoms. The minimum atomic E-state index is -0.137. The highest BCUT2D eigenvalue weighted by molar-refractivity contribution is 7.07. The average Bonchev–Trinajstić information content (AvgIpc) is 3.34. The molecule has 1 aliphatic heterocycles. The fraction of sp³-hybridized carbons (Fsp3) is 0.611. The van der Waals surface area contributed by atoms with Crippen molar-refractivity contribution in [2.24, 2.45) is 5.92 Å². The zero-order valence-corrected chi connectivity index (χ0v) is 16.1. The number of urea groups is 1. The van der Waals surface area contributed by atoms with Gasteiger partial charge in [-0.05, 0) is 41.1 Å². The average molecular weight is 378 g/mol. The normalized spacial score (nSPS) is 17.0. The van der Waals surface area contributed by atoms with Crippen LogP contribution in [-0.2, 0) is 24.2 Å². The lowest BCUT2D eigenvalue weighted by Crippen LogP contribution is -2.43. The van der Waals surface area contributed by atoms with Gasteiger partial charge in [-0.2, -0.15) is 16.3 Å². The summed E-state index contributed by atoms with van der Waals surface area (Å²) >= 11 is 1.63. The van der Waals surface area contributed by atoms with Gasteiger partial charge in [0.2, 0.25) is 5.89 Å². The molecule has 0 bridgehead atoms. The van der Waals surface area contributed by atoms with E-state index >= 15 is 0 Å². The lowest BCUT2D eigenvalue weighted by atomic mass is 10.1. The number of nitrogens with one attached hydrogen (secondary N) is 1. The molecule has 3 rings (SSSR count). The smallest absolute Gasteiger partial charge is 0.318 e. The monoisotopic (exact) mass is 378 g/mol. The highest BCUT2D eigenvalue weighted by atomic mass is 32.1. The Bertz CT molecular complexity index is 680. The van der Waals surface area contributed by atoms with Gasteiger partial charge >= 0.3 is 6.03 Å². The van der Waals surface area contributed by atoms with Gasteiger partial charge in [0.25, 0.3) is 0 Å². The van der Waals surface area contributed by atoms with Crippen molar-refractivity contribution in [2.45, 2.75) is 52.3 Å². The molecule has 1 aliphatic rings. The van der Waals surface area contributed by atoms with Crippen LogP contribution < -0.4 is 5.32 Å². The van der Waals surface area contributed by atoms with Crippen molar-refractivity contribution >= 4 is 17.4 Å². The molecule has 8 heteroatoms. The van der Waals surface area contributed by atoms with Gasteiger partial charge in [0.15, 0.2) is 5.82 Å². The first-order valence-corrected chi connectivity index (χ1v) is 10.0. The molecule has 7 nitrogen and oxygen atoms in total.